The summed E-state index contributed by atoms with van der Waals surface area (Å²) in [4.78, 5) is 0.354. The van der Waals surface area contributed by atoms with Gasteiger partial charge in [-0.15, -0.1) is 6.42 Å². The third-order valence-electron chi connectivity index (χ3n) is 2.17. The van der Waals surface area contributed by atoms with E-state index in [1.54, 1.807) is 12.1 Å². The first-order valence-electron chi connectivity index (χ1n) is 4.97. The summed E-state index contributed by atoms with van der Waals surface area (Å²) in [6.07, 6.45) is 7.14. The lowest BCUT2D eigenvalue weighted by Gasteiger charge is -2.03. The third-order valence-corrected chi connectivity index (χ3v) is 3.30. The summed E-state index contributed by atoms with van der Waals surface area (Å²) in [5.74, 6) is 2.49. The number of hydrogen-bond acceptors (Lipinski definition) is 3. The zero-order valence-corrected chi connectivity index (χ0v) is 10.0. The molecule has 0 spiro atoms. The van der Waals surface area contributed by atoms with Gasteiger partial charge in [0.25, 0.3) is 0 Å². The summed E-state index contributed by atoms with van der Waals surface area (Å²) in [5, 5.41) is 3.07. The molecular weight excluding hydrogens is 222 g/mol. The Morgan fingerprint density at radius 1 is 1.31 bits per heavy atom. The van der Waals surface area contributed by atoms with E-state index in [-0.39, 0.29) is 0 Å². The molecule has 0 saturated carbocycles. The minimum absolute atomic E-state index is 0.354. The van der Waals surface area contributed by atoms with Gasteiger partial charge in [0, 0.05) is 12.8 Å². The van der Waals surface area contributed by atoms with Crippen molar-refractivity contribution >= 4 is 9.84 Å². The van der Waals surface area contributed by atoms with E-state index < -0.39 is 9.84 Å². The molecule has 0 unspecified atom stereocenters. The molecule has 1 rings (SSSR count). The molecule has 0 aliphatic carbocycles. The Labute approximate surface area is 96.8 Å². The number of nitrogens with one attached hydrogen (secondary N) is 1. The van der Waals surface area contributed by atoms with E-state index in [1.165, 1.54) is 6.26 Å². The molecule has 0 aliphatic heterocycles. The molecule has 0 radical (unpaired) electrons. The van der Waals surface area contributed by atoms with E-state index in [2.05, 4.69) is 11.2 Å². The molecule has 0 aromatic heterocycles. The Bertz CT molecular complexity index is 469. The van der Waals surface area contributed by atoms with Gasteiger partial charge in [0.2, 0.25) is 0 Å². The van der Waals surface area contributed by atoms with Crippen LogP contribution in [0.3, 0.4) is 0 Å². The summed E-state index contributed by atoms with van der Waals surface area (Å²) in [6.45, 7) is 1.35. The fourth-order valence-corrected chi connectivity index (χ4v) is 1.93. The van der Waals surface area contributed by atoms with Crippen LogP contribution < -0.4 is 5.32 Å². The molecule has 1 N–H and O–H groups in total. The summed E-state index contributed by atoms with van der Waals surface area (Å²) in [6, 6.07) is 6.92. The average molecular weight is 237 g/mol. The molecule has 0 bridgehead atoms. The smallest absolute Gasteiger partial charge is 0.175 e. The fourth-order valence-electron chi connectivity index (χ4n) is 1.30. The zero-order chi connectivity index (χ0) is 12.0. The lowest BCUT2D eigenvalue weighted by molar-refractivity contribution is 0.602. The minimum Gasteiger partial charge on any atom is -0.306 e. The molecule has 0 atom stereocenters. The average Bonchev–Trinajstić information content (AvgIpc) is 2.24. The molecule has 1 aromatic carbocycles. The second-order valence-corrected chi connectivity index (χ2v) is 5.56. The Morgan fingerprint density at radius 2 is 1.94 bits per heavy atom. The molecule has 3 nitrogen and oxygen atoms in total. The molecule has 0 amide bonds. The fraction of sp³-hybridized carbons (Fsp3) is 0.333. The van der Waals surface area contributed by atoms with Crippen LogP contribution in [0.4, 0.5) is 0 Å². The first-order valence-corrected chi connectivity index (χ1v) is 6.86. The summed E-state index contributed by atoms with van der Waals surface area (Å²) < 4.78 is 22.4. The first kappa shape index (κ1) is 12.8. The first-order chi connectivity index (χ1) is 7.54. The molecule has 86 valence electrons. The van der Waals surface area contributed by atoms with Crippen molar-refractivity contribution in [1.82, 2.24) is 5.32 Å². The van der Waals surface area contributed by atoms with Crippen LogP contribution in [0, 0.1) is 12.3 Å². The number of benzene rings is 1. The van der Waals surface area contributed by atoms with Crippen LogP contribution in [-0.4, -0.2) is 27.8 Å². The number of sulfone groups is 1. The van der Waals surface area contributed by atoms with E-state index in [0.29, 0.717) is 11.4 Å². The van der Waals surface area contributed by atoms with E-state index in [1.807, 2.05) is 12.1 Å². The largest absolute Gasteiger partial charge is 0.306 e. The van der Waals surface area contributed by atoms with E-state index in [0.717, 1.165) is 18.5 Å². The van der Waals surface area contributed by atoms with Gasteiger partial charge in [-0.05, 0) is 24.1 Å². The molecule has 0 saturated heterocycles. The molecule has 0 fully saturated rings. The van der Waals surface area contributed by atoms with Crippen LogP contribution in [-0.2, 0) is 16.3 Å². The van der Waals surface area contributed by atoms with Crippen molar-refractivity contribution in [3.8, 4) is 12.3 Å². The van der Waals surface area contributed by atoms with E-state index in [9.17, 15) is 8.42 Å². The Morgan fingerprint density at radius 3 is 2.44 bits per heavy atom. The quantitative estimate of drug-likeness (QED) is 0.610. The van der Waals surface area contributed by atoms with Gasteiger partial charge in [-0.2, -0.15) is 0 Å². The van der Waals surface area contributed by atoms with Crippen LogP contribution in [0.1, 0.15) is 5.56 Å². The van der Waals surface area contributed by atoms with Gasteiger partial charge in [0.05, 0.1) is 11.4 Å². The Hall–Kier alpha value is -1.31. The SMILES string of the molecule is C#CCNCCc1ccc(S(C)(=O)=O)cc1. The maximum absolute atomic E-state index is 11.2. The highest BCUT2D eigenvalue weighted by atomic mass is 32.2. The molecule has 0 heterocycles. The topological polar surface area (TPSA) is 46.2 Å². The summed E-state index contributed by atoms with van der Waals surface area (Å²) in [5.41, 5.74) is 1.09. The number of terminal acetylenes is 1. The minimum atomic E-state index is -3.09. The van der Waals surface area contributed by atoms with Gasteiger partial charge in [0.15, 0.2) is 9.84 Å². The maximum Gasteiger partial charge on any atom is 0.175 e. The molecule has 1 aromatic rings. The van der Waals surface area contributed by atoms with E-state index in [4.69, 9.17) is 6.42 Å². The highest BCUT2D eigenvalue weighted by molar-refractivity contribution is 7.90. The van der Waals surface area contributed by atoms with Crippen molar-refractivity contribution in [3.63, 3.8) is 0 Å². The molecule has 0 aliphatic rings. The van der Waals surface area contributed by atoms with Crippen molar-refractivity contribution in [2.75, 3.05) is 19.3 Å². The Balaban J connectivity index is 2.56. The maximum atomic E-state index is 11.2. The molecule has 16 heavy (non-hydrogen) atoms. The highest BCUT2D eigenvalue weighted by Gasteiger charge is 2.05. The van der Waals surface area contributed by atoms with Crippen molar-refractivity contribution in [1.29, 1.82) is 0 Å². The second kappa shape index (κ2) is 5.69. The van der Waals surface area contributed by atoms with Gasteiger partial charge in [0.1, 0.15) is 0 Å². The standard InChI is InChI=1S/C12H15NO2S/c1-3-9-13-10-8-11-4-6-12(7-5-11)16(2,14)15/h1,4-7,13H,8-10H2,2H3. The van der Waals surface area contributed by atoms with Crippen molar-refractivity contribution < 1.29 is 8.42 Å². The number of rotatable bonds is 5. The lowest BCUT2D eigenvalue weighted by Crippen LogP contribution is -2.17. The van der Waals surface area contributed by atoms with Gasteiger partial charge in [-0.25, -0.2) is 8.42 Å². The van der Waals surface area contributed by atoms with Crippen molar-refractivity contribution in [2.45, 2.75) is 11.3 Å². The van der Waals surface area contributed by atoms with Crippen LogP contribution in [0.2, 0.25) is 0 Å². The third kappa shape index (κ3) is 4.05. The van der Waals surface area contributed by atoms with Gasteiger partial charge >= 0.3 is 0 Å². The van der Waals surface area contributed by atoms with Gasteiger partial charge in [-0.3, -0.25) is 0 Å². The van der Waals surface area contributed by atoms with Crippen LogP contribution in [0.15, 0.2) is 29.2 Å². The van der Waals surface area contributed by atoms with Gasteiger partial charge in [-0.1, -0.05) is 18.1 Å². The Kier molecular flexibility index (Phi) is 4.53. The lowest BCUT2D eigenvalue weighted by atomic mass is 10.1. The van der Waals surface area contributed by atoms with Crippen LogP contribution in [0.5, 0.6) is 0 Å². The van der Waals surface area contributed by atoms with Crippen LogP contribution in [0.25, 0.3) is 0 Å². The van der Waals surface area contributed by atoms with Crippen molar-refractivity contribution in [3.05, 3.63) is 29.8 Å². The molecular formula is C12H15NO2S. The summed E-state index contributed by atoms with van der Waals surface area (Å²) in [7, 11) is -3.09. The van der Waals surface area contributed by atoms with Crippen LogP contribution >= 0.6 is 0 Å². The predicted molar refractivity (Wildman–Crippen MR) is 65.0 cm³/mol. The monoisotopic (exact) mass is 237 g/mol. The normalized spacial score (nSPS) is 11.0. The zero-order valence-electron chi connectivity index (χ0n) is 9.23. The molecule has 4 heteroatoms. The van der Waals surface area contributed by atoms with Crippen molar-refractivity contribution in [2.24, 2.45) is 0 Å². The predicted octanol–water partition coefficient (Wildman–Crippen LogP) is 0.855. The van der Waals surface area contributed by atoms with Gasteiger partial charge < -0.3 is 5.32 Å². The summed E-state index contributed by atoms with van der Waals surface area (Å²) >= 11 is 0. The number of hydrogen-bond donors (Lipinski definition) is 1. The van der Waals surface area contributed by atoms with E-state index >= 15 is 0 Å². The highest BCUT2D eigenvalue weighted by Crippen LogP contribution is 2.10. The second-order valence-electron chi connectivity index (χ2n) is 3.55.